The van der Waals surface area contributed by atoms with Gasteiger partial charge in [-0.2, -0.15) is 5.10 Å². The van der Waals surface area contributed by atoms with Crippen molar-refractivity contribution in [3.63, 3.8) is 0 Å². The van der Waals surface area contributed by atoms with Crippen molar-refractivity contribution in [2.24, 2.45) is 5.10 Å². The lowest BCUT2D eigenvalue weighted by atomic mass is 10.2. The van der Waals surface area contributed by atoms with E-state index in [0.717, 1.165) is 5.56 Å². The van der Waals surface area contributed by atoms with Crippen molar-refractivity contribution in [2.75, 3.05) is 14.2 Å². The van der Waals surface area contributed by atoms with Gasteiger partial charge in [-0.1, -0.05) is 23.2 Å². The summed E-state index contributed by atoms with van der Waals surface area (Å²) < 4.78 is 10.3. The Kier molecular flexibility index (Phi) is 5.84. The zero-order valence-corrected chi connectivity index (χ0v) is 14.0. The molecule has 0 bridgehead atoms. The third kappa shape index (κ3) is 4.37. The molecule has 1 N–H and O–H groups in total. The third-order valence-corrected chi connectivity index (χ3v) is 3.51. The Balaban J connectivity index is 2.08. The molecule has 0 atom stereocenters. The quantitative estimate of drug-likeness (QED) is 0.658. The van der Waals surface area contributed by atoms with E-state index in [9.17, 15) is 4.79 Å². The van der Waals surface area contributed by atoms with Crippen LogP contribution >= 0.6 is 23.2 Å². The second-order valence-electron chi connectivity index (χ2n) is 4.44. The molecule has 0 radical (unpaired) electrons. The molecule has 0 unspecified atom stereocenters. The molecule has 0 saturated heterocycles. The minimum atomic E-state index is -0.427. The van der Waals surface area contributed by atoms with E-state index in [0.29, 0.717) is 22.1 Å². The first-order chi connectivity index (χ1) is 11.0. The number of hydrazone groups is 1. The van der Waals surface area contributed by atoms with Crippen molar-refractivity contribution in [1.29, 1.82) is 0 Å². The van der Waals surface area contributed by atoms with Crippen LogP contribution in [0.5, 0.6) is 11.5 Å². The molecule has 0 heterocycles. The van der Waals surface area contributed by atoms with E-state index in [1.165, 1.54) is 18.3 Å². The Labute approximate surface area is 143 Å². The van der Waals surface area contributed by atoms with E-state index in [-0.39, 0.29) is 5.02 Å². The molecule has 0 aliphatic heterocycles. The fourth-order valence-corrected chi connectivity index (χ4v) is 2.33. The van der Waals surface area contributed by atoms with Gasteiger partial charge in [0.05, 0.1) is 31.0 Å². The summed E-state index contributed by atoms with van der Waals surface area (Å²) >= 11 is 11.8. The lowest BCUT2D eigenvalue weighted by Crippen LogP contribution is -2.18. The number of methoxy groups -OCH3 is 2. The summed E-state index contributed by atoms with van der Waals surface area (Å²) in [6, 6.07) is 9.89. The van der Waals surface area contributed by atoms with Gasteiger partial charge in [-0.05, 0) is 42.0 Å². The maximum Gasteiger partial charge on any atom is 0.272 e. The van der Waals surface area contributed by atoms with Crippen molar-refractivity contribution >= 4 is 35.3 Å². The van der Waals surface area contributed by atoms with Crippen LogP contribution in [-0.2, 0) is 0 Å². The van der Waals surface area contributed by atoms with E-state index in [2.05, 4.69) is 10.5 Å². The number of rotatable bonds is 5. The van der Waals surface area contributed by atoms with Crippen LogP contribution in [0.25, 0.3) is 0 Å². The van der Waals surface area contributed by atoms with Gasteiger partial charge in [0.25, 0.3) is 5.91 Å². The molecule has 0 aromatic heterocycles. The highest BCUT2D eigenvalue weighted by Gasteiger charge is 2.09. The van der Waals surface area contributed by atoms with E-state index in [1.807, 2.05) is 0 Å². The van der Waals surface area contributed by atoms with Gasteiger partial charge in [0.2, 0.25) is 0 Å². The van der Waals surface area contributed by atoms with Crippen molar-refractivity contribution in [1.82, 2.24) is 5.43 Å². The number of ether oxygens (including phenoxy) is 2. The minimum Gasteiger partial charge on any atom is -0.493 e. The molecule has 0 saturated carbocycles. The highest BCUT2D eigenvalue weighted by molar-refractivity contribution is 6.36. The lowest BCUT2D eigenvalue weighted by Gasteiger charge is -2.07. The number of amides is 1. The van der Waals surface area contributed by atoms with Gasteiger partial charge >= 0.3 is 0 Å². The molecule has 2 aromatic carbocycles. The first-order valence-electron chi connectivity index (χ1n) is 6.55. The second-order valence-corrected chi connectivity index (χ2v) is 5.28. The van der Waals surface area contributed by atoms with Crippen LogP contribution in [0.3, 0.4) is 0 Å². The zero-order valence-electron chi connectivity index (χ0n) is 12.5. The molecule has 120 valence electrons. The van der Waals surface area contributed by atoms with E-state index in [1.54, 1.807) is 38.5 Å². The topological polar surface area (TPSA) is 59.9 Å². The summed E-state index contributed by atoms with van der Waals surface area (Å²) in [7, 11) is 3.10. The number of halogens is 2. The first kappa shape index (κ1) is 17.1. The Hall–Kier alpha value is -2.24. The van der Waals surface area contributed by atoms with Crippen LogP contribution in [0.4, 0.5) is 0 Å². The van der Waals surface area contributed by atoms with Gasteiger partial charge in [-0.3, -0.25) is 4.79 Å². The number of hydrogen-bond acceptors (Lipinski definition) is 4. The Morgan fingerprint density at radius 3 is 2.48 bits per heavy atom. The second kappa shape index (κ2) is 7.85. The Morgan fingerprint density at radius 1 is 1.09 bits per heavy atom. The van der Waals surface area contributed by atoms with Crippen LogP contribution in [0.1, 0.15) is 15.9 Å². The van der Waals surface area contributed by atoms with Crippen molar-refractivity contribution < 1.29 is 14.3 Å². The largest absolute Gasteiger partial charge is 0.493 e. The summed E-state index contributed by atoms with van der Waals surface area (Å²) in [5, 5.41) is 4.62. The van der Waals surface area contributed by atoms with Crippen LogP contribution in [-0.4, -0.2) is 26.3 Å². The Bertz CT molecular complexity index is 748. The molecular formula is C16H14Cl2N2O3. The summed E-state index contributed by atoms with van der Waals surface area (Å²) in [5.74, 6) is 0.758. The summed E-state index contributed by atoms with van der Waals surface area (Å²) in [6.07, 6.45) is 1.49. The van der Waals surface area contributed by atoms with E-state index in [4.69, 9.17) is 32.7 Å². The van der Waals surface area contributed by atoms with Gasteiger partial charge in [0, 0.05) is 5.02 Å². The number of benzene rings is 2. The fourth-order valence-electron chi connectivity index (χ4n) is 1.83. The maximum atomic E-state index is 12.0. The first-order valence-corrected chi connectivity index (χ1v) is 7.31. The van der Waals surface area contributed by atoms with Gasteiger partial charge in [-0.25, -0.2) is 5.43 Å². The fraction of sp³-hybridized carbons (Fsp3) is 0.125. The predicted molar refractivity (Wildman–Crippen MR) is 91.1 cm³/mol. The monoisotopic (exact) mass is 352 g/mol. The number of hydrogen-bond donors (Lipinski definition) is 1. The zero-order chi connectivity index (χ0) is 16.8. The maximum absolute atomic E-state index is 12.0. The SMILES string of the molecule is COc1ccc(C=NNC(=O)c2ccc(Cl)cc2Cl)cc1OC. The number of nitrogens with zero attached hydrogens (tertiary/aromatic N) is 1. The van der Waals surface area contributed by atoms with Gasteiger partial charge in [0.1, 0.15) is 0 Å². The molecule has 23 heavy (non-hydrogen) atoms. The van der Waals surface area contributed by atoms with Gasteiger partial charge < -0.3 is 9.47 Å². The molecule has 1 amide bonds. The van der Waals surface area contributed by atoms with Gasteiger partial charge in [0.15, 0.2) is 11.5 Å². The standard InChI is InChI=1S/C16H14Cl2N2O3/c1-22-14-6-3-10(7-15(14)23-2)9-19-20-16(21)12-5-4-11(17)8-13(12)18/h3-9H,1-2H3,(H,20,21). The molecule has 0 aliphatic rings. The minimum absolute atomic E-state index is 0.260. The molecule has 2 aromatic rings. The lowest BCUT2D eigenvalue weighted by molar-refractivity contribution is 0.0955. The number of carbonyl (C=O) groups excluding carboxylic acids is 1. The predicted octanol–water partition coefficient (Wildman–Crippen LogP) is 3.77. The average molecular weight is 353 g/mol. The number of carbonyl (C=O) groups is 1. The van der Waals surface area contributed by atoms with Crippen LogP contribution in [0.15, 0.2) is 41.5 Å². The smallest absolute Gasteiger partial charge is 0.272 e. The van der Waals surface area contributed by atoms with Gasteiger partial charge in [-0.15, -0.1) is 0 Å². The van der Waals surface area contributed by atoms with Crippen molar-refractivity contribution in [3.05, 3.63) is 57.6 Å². The summed E-state index contributed by atoms with van der Waals surface area (Å²) in [6.45, 7) is 0. The van der Waals surface area contributed by atoms with E-state index >= 15 is 0 Å². The normalized spacial score (nSPS) is 10.6. The molecule has 5 nitrogen and oxygen atoms in total. The summed E-state index contributed by atoms with van der Waals surface area (Å²) in [4.78, 5) is 12.0. The molecular weight excluding hydrogens is 339 g/mol. The molecule has 0 fully saturated rings. The Morgan fingerprint density at radius 2 is 1.83 bits per heavy atom. The van der Waals surface area contributed by atoms with E-state index < -0.39 is 5.91 Å². The van der Waals surface area contributed by atoms with Crippen LogP contribution in [0.2, 0.25) is 10.0 Å². The van der Waals surface area contributed by atoms with Crippen LogP contribution < -0.4 is 14.9 Å². The average Bonchev–Trinajstić information content (AvgIpc) is 2.54. The third-order valence-electron chi connectivity index (χ3n) is 2.96. The highest BCUT2D eigenvalue weighted by atomic mass is 35.5. The highest BCUT2D eigenvalue weighted by Crippen LogP contribution is 2.26. The van der Waals surface area contributed by atoms with Crippen LogP contribution in [0, 0.1) is 0 Å². The molecule has 0 aliphatic carbocycles. The summed E-state index contributed by atoms with van der Waals surface area (Å²) in [5.41, 5.74) is 3.44. The molecule has 0 spiro atoms. The molecule has 2 rings (SSSR count). The number of nitrogens with one attached hydrogen (secondary N) is 1. The molecule has 7 heteroatoms. The van der Waals surface area contributed by atoms with Crippen molar-refractivity contribution in [3.8, 4) is 11.5 Å². The van der Waals surface area contributed by atoms with Crippen molar-refractivity contribution in [2.45, 2.75) is 0 Å².